The van der Waals surface area contributed by atoms with Crippen molar-refractivity contribution < 1.29 is 19.1 Å². The van der Waals surface area contributed by atoms with Crippen LogP contribution in [0.25, 0.3) is 0 Å². The van der Waals surface area contributed by atoms with Gasteiger partial charge in [-0.3, -0.25) is 9.59 Å². The van der Waals surface area contributed by atoms with Crippen LogP contribution in [0.2, 0.25) is 0 Å². The van der Waals surface area contributed by atoms with E-state index in [1.54, 1.807) is 13.8 Å². The maximum absolute atomic E-state index is 12.0. The van der Waals surface area contributed by atoms with Gasteiger partial charge < -0.3 is 15.4 Å². The van der Waals surface area contributed by atoms with Gasteiger partial charge in [0.1, 0.15) is 11.7 Å². The molecular formula is C12H17N3O4S. The lowest BCUT2D eigenvalue weighted by atomic mass is 10.0. The molecule has 2 amide bonds. The maximum Gasteiger partial charge on any atom is 0.328 e. The smallest absolute Gasteiger partial charge is 0.328 e. The van der Waals surface area contributed by atoms with E-state index in [1.165, 1.54) is 19.4 Å². The summed E-state index contributed by atoms with van der Waals surface area (Å²) in [7, 11) is 1.27. The number of nitrogens with one attached hydrogen (secondary N) is 2. The van der Waals surface area contributed by atoms with Crippen LogP contribution in [0.4, 0.5) is 5.13 Å². The van der Waals surface area contributed by atoms with Gasteiger partial charge in [-0.05, 0) is 5.92 Å². The zero-order chi connectivity index (χ0) is 15.3. The van der Waals surface area contributed by atoms with Crippen LogP contribution in [0, 0.1) is 5.92 Å². The van der Waals surface area contributed by atoms with Crippen LogP contribution in [0.3, 0.4) is 0 Å². The molecule has 1 rings (SSSR count). The van der Waals surface area contributed by atoms with Crippen molar-refractivity contribution in [1.82, 2.24) is 10.3 Å². The van der Waals surface area contributed by atoms with Gasteiger partial charge in [-0.1, -0.05) is 13.8 Å². The minimum atomic E-state index is -0.738. The third-order valence-electron chi connectivity index (χ3n) is 2.43. The van der Waals surface area contributed by atoms with Crippen molar-refractivity contribution in [1.29, 1.82) is 0 Å². The zero-order valence-corrected chi connectivity index (χ0v) is 12.5. The SMILES string of the molecule is COC(=O)C(NC(=O)c1csc(NC(C)=O)n1)C(C)C. The maximum atomic E-state index is 12.0. The number of ether oxygens (including phenoxy) is 1. The lowest BCUT2D eigenvalue weighted by Crippen LogP contribution is -2.45. The molecular weight excluding hydrogens is 282 g/mol. The summed E-state index contributed by atoms with van der Waals surface area (Å²) in [5, 5.41) is 6.90. The van der Waals surface area contributed by atoms with Gasteiger partial charge in [0.2, 0.25) is 5.91 Å². The van der Waals surface area contributed by atoms with Gasteiger partial charge in [0.15, 0.2) is 5.13 Å². The molecule has 0 radical (unpaired) electrons. The number of esters is 1. The molecule has 0 aliphatic rings. The first kappa shape index (κ1) is 16.1. The molecule has 110 valence electrons. The number of nitrogens with zero attached hydrogens (tertiary/aromatic N) is 1. The number of hydrogen-bond donors (Lipinski definition) is 2. The van der Waals surface area contributed by atoms with Crippen molar-refractivity contribution in [2.24, 2.45) is 5.92 Å². The average Bonchev–Trinajstić information content (AvgIpc) is 2.82. The highest BCUT2D eigenvalue weighted by molar-refractivity contribution is 7.14. The van der Waals surface area contributed by atoms with Crippen molar-refractivity contribution in [3.63, 3.8) is 0 Å². The lowest BCUT2D eigenvalue weighted by Gasteiger charge is -2.19. The van der Waals surface area contributed by atoms with Crippen molar-refractivity contribution >= 4 is 34.3 Å². The molecule has 0 saturated heterocycles. The van der Waals surface area contributed by atoms with Gasteiger partial charge in [-0.25, -0.2) is 9.78 Å². The predicted molar refractivity (Wildman–Crippen MR) is 74.5 cm³/mol. The molecule has 8 heteroatoms. The third kappa shape index (κ3) is 4.30. The van der Waals surface area contributed by atoms with E-state index < -0.39 is 17.9 Å². The first-order valence-electron chi connectivity index (χ1n) is 5.97. The van der Waals surface area contributed by atoms with E-state index in [0.29, 0.717) is 5.13 Å². The largest absolute Gasteiger partial charge is 0.467 e. The lowest BCUT2D eigenvalue weighted by molar-refractivity contribution is -0.144. The van der Waals surface area contributed by atoms with Crippen molar-refractivity contribution in [2.75, 3.05) is 12.4 Å². The zero-order valence-electron chi connectivity index (χ0n) is 11.7. The molecule has 0 spiro atoms. The molecule has 1 aromatic heterocycles. The fourth-order valence-electron chi connectivity index (χ4n) is 1.43. The highest BCUT2D eigenvalue weighted by Gasteiger charge is 2.26. The minimum absolute atomic E-state index is 0.111. The summed E-state index contributed by atoms with van der Waals surface area (Å²) in [6.07, 6.45) is 0. The van der Waals surface area contributed by atoms with Crippen molar-refractivity contribution in [3.8, 4) is 0 Å². The summed E-state index contributed by atoms with van der Waals surface area (Å²) in [5.41, 5.74) is 0.147. The highest BCUT2D eigenvalue weighted by Crippen LogP contribution is 2.15. The Balaban J connectivity index is 2.76. The van der Waals surface area contributed by atoms with Crippen LogP contribution >= 0.6 is 11.3 Å². The van der Waals surface area contributed by atoms with Crippen molar-refractivity contribution in [3.05, 3.63) is 11.1 Å². The second kappa shape index (κ2) is 6.99. The summed E-state index contributed by atoms with van der Waals surface area (Å²) >= 11 is 1.14. The van der Waals surface area contributed by atoms with Crippen molar-refractivity contribution in [2.45, 2.75) is 26.8 Å². The topological polar surface area (TPSA) is 97.4 Å². The Bertz CT molecular complexity index is 513. The molecule has 2 N–H and O–H groups in total. The third-order valence-corrected chi connectivity index (χ3v) is 3.19. The number of hydrogen-bond acceptors (Lipinski definition) is 6. The monoisotopic (exact) mass is 299 g/mol. The van der Waals surface area contributed by atoms with Crippen LogP contribution in [0.1, 0.15) is 31.3 Å². The highest BCUT2D eigenvalue weighted by atomic mass is 32.1. The van der Waals surface area contributed by atoms with Gasteiger partial charge in [-0.2, -0.15) is 0 Å². The molecule has 0 fully saturated rings. The Morgan fingerprint density at radius 2 is 2.00 bits per heavy atom. The first-order valence-corrected chi connectivity index (χ1v) is 6.85. The van der Waals surface area contributed by atoms with Crippen LogP contribution in [0.15, 0.2) is 5.38 Å². The molecule has 20 heavy (non-hydrogen) atoms. The second-order valence-corrected chi connectivity index (χ2v) is 5.30. The Hall–Kier alpha value is -1.96. The van der Waals surface area contributed by atoms with Gasteiger partial charge in [0.05, 0.1) is 7.11 Å². The van der Waals surface area contributed by atoms with E-state index in [2.05, 4.69) is 20.4 Å². The quantitative estimate of drug-likeness (QED) is 0.791. The average molecular weight is 299 g/mol. The number of amides is 2. The van der Waals surface area contributed by atoms with E-state index in [4.69, 9.17) is 0 Å². The summed E-state index contributed by atoms with van der Waals surface area (Å²) in [6.45, 7) is 4.95. The summed E-state index contributed by atoms with van der Waals surface area (Å²) in [6, 6.07) is -0.738. The minimum Gasteiger partial charge on any atom is -0.467 e. The number of thiazole rings is 1. The molecule has 7 nitrogen and oxygen atoms in total. The molecule has 0 aromatic carbocycles. The number of aromatic nitrogens is 1. The Morgan fingerprint density at radius 1 is 1.35 bits per heavy atom. The number of carbonyl (C=O) groups is 3. The van der Waals surface area contributed by atoms with E-state index in [9.17, 15) is 14.4 Å². The molecule has 0 bridgehead atoms. The molecule has 0 saturated carbocycles. The first-order chi connectivity index (χ1) is 9.35. The fourth-order valence-corrected chi connectivity index (χ4v) is 2.16. The molecule has 1 unspecified atom stereocenters. The Kier molecular flexibility index (Phi) is 5.63. The van der Waals surface area contributed by atoms with E-state index in [1.807, 2.05) is 0 Å². The van der Waals surface area contributed by atoms with E-state index >= 15 is 0 Å². The molecule has 1 aromatic rings. The van der Waals surface area contributed by atoms with Crippen LogP contribution in [-0.4, -0.2) is 35.9 Å². The number of carbonyl (C=O) groups excluding carboxylic acids is 3. The standard InChI is InChI=1S/C12H17N3O4S/c1-6(2)9(11(18)19-4)15-10(17)8-5-20-12(14-8)13-7(3)16/h5-6,9H,1-4H3,(H,15,17)(H,13,14,16). The van der Waals surface area contributed by atoms with Crippen LogP contribution < -0.4 is 10.6 Å². The Morgan fingerprint density at radius 3 is 2.50 bits per heavy atom. The predicted octanol–water partition coefficient (Wildman–Crippen LogP) is 1.03. The number of methoxy groups -OCH3 is 1. The number of rotatable bonds is 5. The summed E-state index contributed by atoms with van der Waals surface area (Å²) in [4.78, 5) is 38.4. The van der Waals surface area contributed by atoms with Gasteiger partial charge >= 0.3 is 5.97 Å². The van der Waals surface area contributed by atoms with E-state index in [-0.39, 0.29) is 17.5 Å². The number of anilines is 1. The van der Waals surface area contributed by atoms with Crippen LogP contribution in [-0.2, 0) is 14.3 Å². The molecule has 1 heterocycles. The molecule has 0 aliphatic heterocycles. The Labute approximate surface area is 120 Å². The van der Waals surface area contributed by atoms with Gasteiger partial charge in [-0.15, -0.1) is 11.3 Å². The normalized spacial score (nSPS) is 11.8. The van der Waals surface area contributed by atoms with E-state index in [0.717, 1.165) is 11.3 Å². The van der Waals surface area contributed by atoms with Gasteiger partial charge in [0, 0.05) is 12.3 Å². The fraction of sp³-hybridized carbons (Fsp3) is 0.500. The summed E-state index contributed by atoms with van der Waals surface area (Å²) < 4.78 is 4.64. The van der Waals surface area contributed by atoms with Crippen LogP contribution in [0.5, 0.6) is 0 Å². The van der Waals surface area contributed by atoms with Gasteiger partial charge in [0.25, 0.3) is 5.91 Å². The summed E-state index contributed by atoms with van der Waals surface area (Å²) in [5.74, 6) is -1.37. The molecule has 0 aliphatic carbocycles. The second-order valence-electron chi connectivity index (χ2n) is 4.44. The molecule has 1 atom stereocenters.